The maximum absolute atomic E-state index is 12.3. The van der Waals surface area contributed by atoms with Crippen molar-refractivity contribution in [3.63, 3.8) is 0 Å². The largest absolute Gasteiger partial charge is 0.352 e. The van der Waals surface area contributed by atoms with Crippen LogP contribution in [-0.2, 0) is 16.3 Å². The number of carbonyl (C=O) groups is 1. The highest BCUT2D eigenvalue weighted by molar-refractivity contribution is 7.90. The number of amides is 1. The Labute approximate surface area is 150 Å². The van der Waals surface area contributed by atoms with Crippen LogP contribution in [0.25, 0.3) is 10.2 Å². The molecule has 1 heterocycles. The summed E-state index contributed by atoms with van der Waals surface area (Å²) in [6.45, 7) is 0.465. The lowest BCUT2D eigenvalue weighted by molar-refractivity contribution is 0.0950. The molecule has 0 aliphatic rings. The number of sulfone groups is 1. The predicted molar refractivity (Wildman–Crippen MR) is 99.8 cm³/mol. The van der Waals surface area contributed by atoms with E-state index in [1.807, 2.05) is 24.3 Å². The van der Waals surface area contributed by atoms with Crippen LogP contribution in [0.3, 0.4) is 0 Å². The van der Waals surface area contributed by atoms with Gasteiger partial charge in [0.25, 0.3) is 5.91 Å². The number of hydrogen-bond acceptors (Lipinski definition) is 5. The highest BCUT2D eigenvalue weighted by atomic mass is 32.2. The van der Waals surface area contributed by atoms with Gasteiger partial charge in [0.15, 0.2) is 9.84 Å². The second kappa shape index (κ2) is 7.33. The first-order valence-electron chi connectivity index (χ1n) is 7.87. The lowest BCUT2D eigenvalue weighted by atomic mass is 10.2. The molecule has 0 aliphatic heterocycles. The molecule has 3 aromatic rings. The van der Waals surface area contributed by atoms with Crippen molar-refractivity contribution in [2.75, 3.05) is 12.8 Å². The SMILES string of the molecule is CS(=O)(=O)c1ccccc1C(=O)NCCCc1nc2ccccc2s1. The van der Waals surface area contributed by atoms with E-state index in [1.165, 1.54) is 12.1 Å². The van der Waals surface area contributed by atoms with Crippen LogP contribution in [-0.4, -0.2) is 32.1 Å². The molecule has 0 atom stereocenters. The van der Waals surface area contributed by atoms with Crippen LogP contribution < -0.4 is 5.32 Å². The Hall–Kier alpha value is -2.25. The normalized spacial score (nSPS) is 11.6. The average molecular weight is 374 g/mol. The van der Waals surface area contributed by atoms with Gasteiger partial charge in [-0.1, -0.05) is 24.3 Å². The summed E-state index contributed by atoms with van der Waals surface area (Å²) in [5.41, 5.74) is 1.18. The Kier molecular flexibility index (Phi) is 5.15. The Morgan fingerprint density at radius 1 is 1.12 bits per heavy atom. The fourth-order valence-corrected chi connectivity index (χ4v) is 4.44. The summed E-state index contributed by atoms with van der Waals surface area (Å²) in [5.74, 6) is -0.370. The summed E-state index contributed by atoms with van der Waals surface area (Å²) < 4.78 is 24.7. The van der Waals surface area contributed by atoms with Crippen LogP contribution in [0.1, 0.15) is 21.8 Å². The Morgan fingerprint density at radius 2 is 1.84 bits per heavy atom. The molecule has 25 heavy (non-hydrogen) atoms. The van der Waals surface area contributed by atoms with Gasteiger partial charge in [0, 0.05) is 19.2 Å². The van der Waals surface area contributed by atoms with Crippen LogP contribution in [0.4, 0.5) is 0 Å². The lowest BCUT2D eigenvalue weighted by Crippen LogP contribution is -2.26. The number of fused-ring (bicyclic) bond motifs is 1. The molecule has 0 saturated heterocycles. The summed E-state index contributed by atoms with van der Waals surface area (Å²) in [6, 6.07) is 14.2. The molecule has 0 aliphatic carbocycles. The van der Waals surface area contributed by atoms with Gasteiger partial charge in [-0.15, -0.1) is 11.3 Å². The number of hydrogen-bond donors (Lipinski definition) is 1. The maximum Gasteiger partial charge on any atom is 0.252 e. The summed E-state index contributed by atoms with van der Waals surface area (Å²) in [5, 5.41) is 3.82. The molecule has 1 N–H and O–H groups in total. The highest BCUT2D eigenvalue weighted by Crippen LogP contribution is 2.22. The number of aromatic nitrogens is 1. The number of thiazole rings is 1. The Bertz CT molecular complexity index is 977. The highest BCUT2D eigenvalue weighted by Gasteiger charge is 2.17. The molecule has 2 aromatic carbocycles. The van der Waals surface area contributed by atoms with Crippen LogP contribution >= 0.6 is 11.3 Å². The van der Waals surface area contributed by atoms with Gasteiger partial charge in [0.1, 0.15) is 0 Å². The van der Waals surface area contributed by atoms with E-state index in [0.717, 1.165) is 34.3 Å². The zero-order valence-electron chi connectivity index (χ0n) is 13.7. The molecular formula is C18H18N2O3S2. The smallest absolute Gasteiger partial charge is 0.252 e. The standard InChI is InChI=1S/C18H18N2O3S2/c1-25(22,23)16-10-5-2-7-13(16)18(21)19-12-6-11-17-20-14-8-3-4-9-15(14)24-17/h2-5,7-10H,6,11-12H2,1H3,(H,19,21). The van der Waals surface area contributed by atoms with E-state index in [2.05, 4.69) is 10.3 Å². The first-order valence-corrected chi connectivity index (χ1v) is 10.6. The van der Waals surface area contributed by atoms with Gasteiger partial charge in [-0.3, -0.25) is 4.79 Å². The Balaban J connectivity index is 1.58. The summed E-state index contributed by atoms with van der Waals surface area (Å²) >= 11 is 1.66. The van der Waals surface area contributed by atoms with E-state index in [1.54, 1.807) is 23.5 Å². The molecule has 5 nitrogen and oxygen atoms in total. The van der Waals surface area contributed by atoms with Gasteiger partial charge in [-0.2, -0.15) is 0 Å². The molecule has 0 spiro atoms. The number of nitrogens with zero attached hydrogens (tertiary/aromatic N) is 1. The van der Waals surface area contributed by atoms with E-state index < -0.39 is 9.84 Å². The van der Waals surface area contributed by atoms with Crippen molar-refractivity contribution in [1.29, 1.82) is 0 Å². The van der Waals surface area contributed by atoms with E-state index >= 15 is 0 Å². The van der Waals surface area contributed by atoms with Gasteiger partial charge in [0.05, 0.1) is 25.7 Å². The minimum atomic E-state index is -3.44. The summed E-state index contributed by atoms with van der Waals surface area (Å²) in [4.78, 5) is 16.9. The van der Waals surface area contributed by atoms with Crippen molar-refractivity contribution in [3.8, 4) is 0 Å². The number of benzene rings is 2. The zero-order chi connectivity index (χ0) is 17.9. The van der Waals surface area contributed by atoms with Crippen molar-refractivity contribution in [2.45, 2.75) is 17.7 Å². The molecule has 7 heteroatoms. The third-order valence-electron chi connectivity index (χ3n) is 3.72. The molecule has 1 amide bonds. The fraction of sp³-hybridized carbons (Fsp3) is 0.222. The van der Waals surface area contributed by atoms with Crippen LogP contribution in [0.5, 0.6) is 0 Å². The Morgan fingerprint density at radius 3 is 2.60 bits per heavy atom. The molecule has 0 radical (unpaired) electrons. The number of para-hydroxylation sites is 1. The number of aryl methyl sites for hydroxylation is 1. The van der Waals surface area contributed by atoms with Gasteiger partial charge in [0.2, 0.25) is 0 Å². The summed E-state index contributed by atoms with van der Waals surface area (Å²) in [6.07, 6.45) is 2.62. The topological polar surface area (TPSA) is 76.1 Å². The molecule has 1 aromatic heterocycles. The van der Waals surface area contributed by atoms with Crippen LogP contribution in [0, 0.1) is 0 Å². The van der Waals surface area contributed by atoms with Gasteiger partial charge in [-0.05, 0) is 30.7 Å². The van der Waals surface area contributed by atoms with Gasteiger partial charge >= 0.3 is 0 Å². The van der Waals surface area contributed by atoms with Crippen LogP contribution in [0.15, 0.2) is 53.4 Å². The van der Waals surface area contributed by atoms with Crippen molar-refractivity contribution in [3.05, 3.63) is 59.1 Å². The molecule has 0 saturated carbocycles. The van der Waals surface area contributed by atoms with E-state index in [0.29, 0.717) is 6.54 Å². The van der Waals surface area contributed by atoms with E-state index in [-0.39, 0.29) is 16.4 Å². The minimum absolute atomic E-state index is 0.0543. The predicted octanol–water partition coefficient (Wildman–Crippen LogP) is 3.06. The fourth-order valence-electron chi connectivity index (χ4n) is 2.54. The van der Waals surface area contributed by atoms with Crippen molar-refractivity contribution >= 4 is 37.3 Å². The zero-order valence-corrected chi connectivity index (χ0v) is 15.4. The second-order valence-corrected chi connectivity index (χ2v) is 8.80. The van der Waals surface area contributed by atoms with Crippen molar-refractivity contribution in [1.82, 2.24) is 10.3 Å². The van der Waals surface area contributed by atoms with Crippen molar-refractivity contribution < 1.29 is 13.2 Å². The lowest BCUT2D eigenvalue weighted by Gasteiger charge is -2.08. The van der Waals surface area contributed by atoms with E-state index in [9.17, 15) is 13.2 Å². The number of rotatable bonds is 6. The third kappa shape index (κ3) is 4.24. The van der Waals surface area contributed by atoms with Gasteiger partial charge in [-0.25, -0.2) is 13.4 Å². The molecule has 0 bridgehead atoms. The maximum atomic E-state index is 12.3. The summed E-state index contributed by atoms with van der Waals surface area (Å²) in [7, 11) is -3.44. The first kappa shape index (κ1) is 17.6. The van der Waals surface area contributed by atoms with Crippen LogP contribution in [0.2, 0.25) is 0 Å². The molecule has 130 valence electrons. The van der Waals surface area contributed by atoms with Crippen molar-refractivity contribution in [2.24, 2.45) is 0 Å². The second-order valence-electron chi connectivity index (χ2n) is 5.70. The molecule has 0 unspecified atom stereocenters. The first-order chi connectivity index (χ1) is 11.9. The number of carbonyl (C=O) groups excluding carboxylic acids is 1. The molecule has 3 rings (SSSR count). The van der Waals surface area contributed by atoms with E-state index in [4.69, 9.17) is 0 Å². The number of nitrogens with one attached hydrogen (secondary N) is 1. The monoisotopic (exact) mass is 374 g/mol. The third-order valence-corrected chi connectivity index (χ3v) is 5.97. The quantitative estimate of drug-likeness (QED) is 0.673. The molecule has 0 fully saturated rings. The average Bonchev–Trinajstić information content (AvgIpc) is 3.00. The van der Waals surface area contributed by atoms with Gasteiger partial charge < -0.3 is 5.32 Å². The molecular weight excluding hydrogens is 356 g/mol. The minimum Gasteiger partial charge on any atom is -0.352 e.